The largest absolute Gasteiger partial charge is 1.00 e. The van der Waals surface area contributed by atoms with Gasteiger partial charge in [0.2, 0.25) is 10.0 Å². The van der Waals surface area contributed by atoms with Gasteiger partial charge in [0.1, 0.15) is 0 Å². The number of carboxylic acids is 1. The molecule has 0 fully saturated rings. The second kappa shape index (κ2) is 10.2. The van der Waals surface area contributed by atoms with E-state index in [9.17, 15) is 23.4 Å². The SMILES string of the molecule is O=C([O-])CN(CC(O)Cn1c2ccccc2c2ccccc21)S(=O)(=O)c1ccccc1.[Na+]. The minimum absolute atomic E-state index is 0. The number of aliphatic hydroxyl groups excluding tert-OH is 1. The summed E-state index contributed by atoms with van der Waals surface area (Å²) >= 11 is 0. The second-order valence-corrected chi connectivity index (χ2v) is 9.22. The van der Waals surface area contributed by atoms with Gasteiger partial charge in [0, 0.05) is 28.4 Å². The summed E-state index contributed by atoms with van der Waals surface area (Å²) in [5.41, 5.74) is 1.81. The Morgan fingerprint density at radius 3 is 1.94 bits per heavy atom. The number of hydrogen-bond donors (Lipinski definition) is 1. The Labute approximate surface area is 208 Å². The van der Waals surface area contributed by atoms with Crippen LogP contribution >= 0.6 is 0 Å². The van der Waals surface area contributed by atoms with Crippen LogP contribution in [-0.2, 0) is 21.4 Å². The molecular formula is C23H21N2NaO5S. The van der Waals surface area contributed by atoms with E-state index in [1.54, 1.807) is 18.2 Å². The van der Waals surface area contributed by atoms with Crippen molar-refractivity contribution in [2.75, 3.05) is 13.1 Å². The van der Waals surface area contributed by atoms with Gasteiger partial charge in [-0.3, -0.25) is 0 Å². The molecular weight excluding hydrogens is 439 g/mol. The van der Waals surface area contributed by atoms with Gasteiger partial charge in [0.15, 0.2) is 0 Å². The molecule has 1 unspecified atom stereocenters. The fraction of sp³-hybridized carbons (Fsp3) is 0.174. The van der Waals surface area contributed by atoms with Gasteiger partial charge in [-0.1, -0.05) is 54.6 Å². The third kappa shape index (κ3) is 4.91. The van der Waals surface area contributed by atoms with Crippen LogP contribution < -0.4 is 34.7 Å². The fourth-order valence-electron chi connectivity index (χ4n) is 3.84. The minimum atomic E-state index is -4.11. The quantitative estimate of drug-likeness (QED) is 0.326. The first-order chi connectivity index (χ1) is 14.9. The maximum absolute atomic E-state index is 12.9. The molecule has 4 aromatic rings. The Morgan fingerprint density at radius 2 is 1.41 bits per heavy atom. The van der Waals surface area contributed by atoms with Crippen molar-refractivity contribution in [1.29, 1.82) is 0 Å². The van der Waals surface area contributed by atoms with E-state index in [0.29, 0.717) is 0 Å². The topological polar surface area (TPSA) is 103 Å². The Kier molecular flexibility index (Phi) is 7.76. The van der Waals surface area contributed by atoms with E-state index in [1.807, 2.05) is 53.1 Å². The van der Waals surface area contributed by atoms with Crippen molar-refractivity contribution in [2.24, 2.45) is 0 Å². The normalized spacial score (nSPS) is 12.7. The number of aromatic nitrogens is 1. The van der Waals surface area contributed by atoms with Crippen molar-refractivity contribution in [2.45, 2.75) is 17.5 Å². The smallest absolute Gasteiger partial charge is 0.549 e. The molecule has 1 atom stereocenters. The number of rotatable bonds is 8. The first-order valence-corrected chi connectivity index (χ1v) is 11.2. The molecule has 1 heterocycles. The summed E-state index contributed by atoms with van der Waals surface area (Å²) in [6.07, 6.45) is -1.14. The third-order valence-electron chi connectivity index (χ3n) is 5.17. The van der Waals surface area contributed by atoms with Gasteiger partial charge >= 0.3 is 29.6 Å². The molecule has 0 bridgehead atoms. The molecule has 0 aliphatic rings. The summed E-state index contributed by atoms with van der Waals surface area (Å²) in [6, 6.07) is 23.0. The number of aliphatic carboxylic acids is 1. The Bertz CT molecular complexity index is 1290. The van der Waals surface area contributed by atoms with Crippen LogP contribution in [-0.4, -0.2) is 47.6 Å². The number of carboxylic acid groups (broad SMARTS) is 1. The zero-order valence-electron chi connectivity index (χ0n) is 17.6. The van der Waals surface area contributed by atoms with Crippen molar-refractivity contribution >= 4 is 37.8 Å². The van der Waals surface area contributed by atoms with E-state index in [-0.39, 0.29) is 47.5 Å². The Morgan fingerprint density at radius 1 is 0.906 bits per heavy atom. The summed E-state index contributed by atoms with van der Waals surface area (Å²) in [5, 5.41) is 24.1. The number of carbonyl (C=O) groups excluding carboxylic acids is 1. The Hall–Kier alpha value is -2.20. The molecule has 0 saturated carbocycles. The summed E-state index contributed by atoms with van der Waals surface area (Å²) in [7, 11) is -4.11. The summed E-state index contributed by atoms with van der Waals surface area (Å²) in [4.78, 5) is 11.2. The van der Waals surface area contributed by atoms with Crippen LogP contribution in [0.25, 0.3) is 21.8 Å². The van der Waals surface area contributed by atoms with Crippen LogP contribution in [0.2, 0.25) is 0 Å². The van der Waals surface area contributed by atoms with Gasteiger partial charge in [-0.25, -0.2) is 8.42 Å². The Balaban J connectivity index is 0.00000289. The monoisotopic (exact) mass is 460 g/mol. The van der Waals surface area contributed by atoms with Gasteiger partial charge in [0.05, 0.1) is 30.1 Å². The van der Waals surface area contributed by atoms with Crippen LogP contribution in [0.5, 0.6) is 0 Å². The van der Waals surface area contributed by atoms with Crippen LogP contribution in [0.15, 0.2) is 83.8 Å². The first kappa shape index (κ1) is 24.4. The molecule has 0 amide bonds. The molecule has 7 nitrogen and oxygen atoms in total. The molecule has 0 aliphatic carbocycles. The van der Waals surface area contributed by atoms with Crippen LogP contribution in [0.4, 0.5) is 0 Å². The van der Waals surface area contributed by atoms with E-state index >= 15 is 0 Å². The van der Waals surface area contributed by atoms with Crippen molar-refractivity contribution in [3.63, 3.8) is 0 Å². The maximum atomic E-state index is 12.9. The number of nitrogens with zero attached hydrogens (tertiary/aromatic N) is 2. The molecule has 0 aliphatic heterocycles. The molecule has 160 valence electrons. The standard InChI is InChI=1S/C23H22N2O5S.Na/c26-17(14-24(16-23(27)28)31(29,30)18-8-2-1-3-9-18)15-25-21-12-6-4-10-19(21)20-11-5-7-13-22(20)25;/h1-13,17,26H,14-16H2,(H,27,28);/q;+1/p-1. The summed E-state index contributed by atoms with van der Waals surface area (Å²) < 4.78 is 28.6. The average molecular weight is 460 g/mol. The van der Waals surface area contributed by atoms with Crippen molar-refractivity contribution in [1.82, 2.24) is 8.87 Å². The zero-order valence-corrected chi connectivity index (χ0v) is 20.4. The van der Waals surface area contributed by atoms with Gasteiger partial charge in [0.25, 0.3) is 0 Å². The molecule has 4 rings (SSSR count). The predicted molar refractivity (Wildman–Crippen MR) is 116 cm³/mol. The van der Waals surface area contributed by atoms with E-state index in [4.69, 9.17) is 0 Å². The maximum Gasteiger partial charge on any atom is 1.00 e. The number of aliphatic hydroxyl groups is 1. The minimum Gasteiger partial charge on any atom is -0.549 e. The number of benzene rings is 3. The number of fused-ring (bicyclic) bond motifs is 3. The van der Waals surface area contributed by atoms with Gasteiger partial charge < -0.3 is 19.6 Å². The molecule has 1 N–H and O–H groups in total. The number of hydrogen-bond acceptors (Lipinski definition) is 5. The summed E-state index contributed by atoms with van der Waals surface area (Å²) in [6.45, 7) is -1.13. The molecule has 0 spiro atoms. The zero-order chi connectivity index (χ0) is 22.0. The van der Waals surface area contributed by atoms with Gasteiger partial charge in [-0.2, -0.15) is 4.31 Å². The van der Waals surface area contributed by atoms with Crippen LogP contribution in [0, 0.1) is 0 Å². The third-order valence-corrected chi connectivity index (χ3v) is 7.00. The molecule has 1 aromatic heterocycles. The molecule has 9 heteroatoms. The predicted octanol–water partition coefficient (Wildman–Crippen LogP) is -1.40. The first-order valence-electron chi connectivity index (χ1n) is 9.77. The fourth-order valence-corrected chi connectivity index (χ4v) is 5.28. The molecule has 3 aromatic carbocycles. The second-order valence-electron chi connectivity index (χ2n) is 7.28. The molecule has 0 radical (unpaired) electrons. The van der Waals surface area contributed by atoms with Crippen LogP contribution in [0.3, 0.4) is 0 Å². The van der Waals surface area contributed by atoms with Gasteiger partial charge in [-0.05, 0) is 24.3 Å². The molecule has 32 heavy (non-hydrogen) atoms. The van der Waals surface area contributed by atoms with E-state index in [1.165, 1.54) is 12.1 Å². The van der Waals surface area contributed by atoms with E-state index in [2.05, 4.69) is 0 Å². The van der Waals surface area contributed by atoms with Gasteiger partial charge in [-0.15, -0.1) is 0 Å². The average Bonchev–Trinajstić information content (AvgIpc) is 3.07. The van der Waals surface area contributed by atoms with Crippen molar-refractivity contribution in [3.05, 3.63) is 78.9 Å². The van der Waals surface area contributed by atoms with E-state index in [0.717, 1.165) is 26.1 Å². The summed E-state index contributed by atoms with van der Waals surface area (Å²) in [5.74, 6) is -1.54. The number of carbonyl (C=O) groups is 1. The number of para-hydroxylation sites is 2. The van der Waals surface area contributed by atoms with E-state index < -0.39 is 28.6 Å². The van der Waals surface area contributed by atoms with Crippen molar-refractivity contribution in [3.8, 4) is 0 Å². The number of sulfonamides is 1. The van der Waals surface area contributed by atoms with Crippen molar-refractivity contribution < 1.29 is 53.0 Å². The van der Waals surface area contributed by atoms with Crippen LogP contribution in [0.1, 0.15) is 0 Å². The molecule has 0 saturated heterocycles.